The molecular formula is C18H24FNO4S. The van der Waals surface area contributed by atoms with Crippen LogP contribution in [0.3, 0.4) is 0 Å². The van der Waals surface area contributed by atoms with Crippen LogP contribution in [0.15, 0.2) is 29.2 Å². The van der Waals surface area contributed by atoms with Gasteiger partial charge in [-0.1, -0.05) is 25.7 Å². The number of unbranched alkanes of at least 4 members (excludes halogenated alkanes) is 2. The van der Waals surface area contributed by atoms with Crippen LogP contribution in [0.1, 0.15) is 38.7 Å². The summed E-state index contributed by atoms with van der Waals surface area (Å²) in [6.07, 6.45) is 1.79. The highest BCUT2D eigenvalue weighted by Gasteiger charge is 2.28. The first-order valence-electron chi connectivity index (χ1n) is 8.07. The molecule has 25 heavy (non-hydrogen) atoms. The Morgan fingerprint density at radius 1 is 1.24 bits per heavy atom. The van der Waals surface area contributed by atoms with Gasteiger partial charge in [-0.15, -0.1) is 0 Å². The lowest BCUT2D eigenvalue weighted by atomic mass is 10.1. The molecule has 5 nitrogen and oxygen atoms in total. The van der Waals surface area contributed by atoms with Gasteiger partial charge in [-0.2, -0.15) is 4.72 Å². The fraction of sp³-hybridized carbons (Fsp3) is 0.500. The van der Waals surface area contributed by atoms with Crippen LogP contribution >= 0.6 is 0 Å². The number of carbonyl (C=O) groups excluding carboxylic acids is 1. The molecule has 0 aliphatic carbocycles. The van der Waals surface area contributed by atoms with Gasteiger partial charge in [0, 0.05) is 12.0 Å². The van der Waals surface area contributed by atoms with E-state index in [1.54, 1.807) is 26.0 Å². The Morgan fingerprint density at radius 3 is 2.40 bits per heavy atom. The smallest absolute Gasteiger partial charge is 0.324 e. The van der Waals surface area contributed by atoms with E-state index in [9.17, 15) is 17.6 Å². The molecule has 0 radical (unpaired) electrons. The zero-order chi connectivity index (χ0) is 18.9. The van der Waals surface area contributed by atoms with Crippen LogP contribution in [0.25, 0.3) is 0 Å². The number of carbonyl (C=O) groups is 1. The minimum Gasteiger partial charge on any atom is -0.468 e. The Kier molecular flexibility index (Phi) is 8.59. The summed E-state index contributed by atoms with van der Waals surface area (Å²) in [6, 6.07) is 5.11. The molecule has 1 N–H and O–H groups in total. The number of alkyl halides is 1. The van der Waals surface area contributed by atoms with Gasteiger partial charge in [0.25, 0.3) is 0 Å². The summed E-state index contributed by atoms with van der Waals surface area (Å²) >= 11 is 0. The zero-order valence-corrected chi connectivity index (χ0v) is 15.5. The molecule has 0 spiro atoms. The number of nitrogens with one attached hydrogen (secondary N) is 1. The molecule has 0 bridgehead atoms. The summed E-state index contributed by atoms with van der Waals surface area (Å²) in [6.45, 7) is 3.11. The highest BCUT2D eigenvalue weighted by atomic mass is 32.2. The van der Waals surface area contributed by atoms with E-state index in [4.69, 9.17) is 0 Å². The number of methoxy groups -OCH3 is 1. The number of sulfonamides is 1. The standard InChI is InChI=1S/C18H24FNO4S/c1-14(2)17(18(21)24-3)20-25(22,23)16-11-9-15(10-12-16)8-6-4-5-7-13-19/h9-12,14,17,20H,4-5,7,13H2,1-3H3/t17-/m1/s1/i19-1. The van der Waals surface area contributed by atoms with Crippen molar-refractivity contribution in [1.82, 2.24) is 4.72 Å². The molecule has 7 heteroatoms. The molecule has 1 aromatic rings. The summed E-state index contributed by atoms with van der Waals surface area (Å²) < 4.78 is 43.8. The van der Waals surface area contributed by atoms with Gasteiger partial charge in [0.1, 0.15) is 6.04 Å². The van der Waals surface area contributed by atoms with Crippen LogP contribution in [0.4, 0.5) is 4.39 Å². The summed E-state index contributed by atoms with van der Waals surface area (Å²) in [5.74, 6) is 4.94. The third-order valence-corrected chi connectivity index (χ3v) is 4.94. The van der Waals surface area contributed by atoms with Crippen LogP contribution in [0.2, 0.25) is 0 Å². The molecule has 0 fully saturated rings. The molecule has 0 saturated carbocycles. The summed E-state index contributed by atoms with van der Waals surface area (Å²) in [4.78, 5) is 11.8. The maximum atomic E-state index is 12.4. The molecule has 0 aromatic heterocycles. The third-order valence-electron chi connectivity index (χ3n) is 3.49. The van der Waals surface area contributed by atoms with Crippen molar-refractivity contribution in [2.45, 2.75) is 44.0 Å². The molecule has 0 amide bonds. The third kappa shape index (κ3) is 6.85. The number of rotatable bonds is 8. The molecular weight excluding hydrogens is 344 g/mol. The van der Waals surface area contributed by atoms with Crippen molar-refractivity contribution >= 4 is 16.0 Å². The Balaban J connectivity index is 2.84. The van der Waals surface area contributed by atoms with Gasteiger partial charge in [0.15, 0.2) is 0 Å². The molecule has 0 aliphatic rings. The van der Waals surface area contributed by atoms with E-state index in [-0.39, 0.29) is 17.5 Å². The van der Waals surface area contributed by atoms with E-state index in [1.165, 1.54) is 19.2 Å². The lowest BCUT2D eigenvalue weighted by Gasteiger charge is -2.19. The quantitative estimate of drug-likeness (QED) is 0.435. The lowest BCUT2D eigenvalue weighted by Crippen LogP contribution is -2.44. The van der Waals surface area contributed by atoms with E-state index in [2.05, 4.69) is 21.3 Å². The van der Waals surface area contributed by atoms with E-state index >= 15 is 0 Å². The van der Waals surface area contributed by atoms with Crippen LogP contribution in [0.5, 0.6) is 0 Å². The summed E-state index contributed by atoms with van der Waals surface area (Å²) in [5, 5.41) is 0. The van der Waals surface area contributed by atoms with Gasteiger partial charge in [0.05, 0.1) is 18.7 Å². The molecule has 1 rings (SSSR count). The maximum absolute atomic E-state index is 12.4. The predicted octanol–water partition coefficient (Wildman–Crippen LogP) is 2.65. The second-order valence-corrected chi connectivity index (χ2v) is 7.55. The minimum absolute atomic E-state index is 0.0463. The normalized spacial score (nSPS) is 12.4. The summed E-state index contributed by atoms with van der Waals surface area (Å²) in [5.41, 5.74) is 0.674. The van der Waals surface area contributed by atoms with E-state index in [0.717, 1.165) is 0 Å². The largest absolute Gasteiger partial charge is 0.468 e. The van der Waals surface area contributed by atoms with Crippen LogP contribution < -0.4 is 4.72 Å². The Bertz CT molecular complexity index is 718. The first-order valence-corrected chi connectivity index (χ1v) is 9.55. The van der Waals surface area contributed by atoms with Crippen molar-refractivity contribution in [2.24, 2.45) is 5.92 Å². The Hall–Kier alpha value is -1.91. The lowest BCUT2D eigenvalue weighted by molar-refractivity contribution is -0.143. The molecule has 0 unspecified atom stereocenters. The number of hydrogen-bond acceptors (Lipinski definition) is 4. The number of halogens is 1. The average molecular weight is 368 g/mol. The number of esters is 1. The number of benzene rings is 1. The van der Waals surface area contributed by atoms with Gasteiger partial charge in [0.2, 0.25) is 10.0 Å². The minimum atomic E-state index is -3.85. The molecule has 0 heterocycles. The average Bonchev–Trinajstić information content (AvgIpc) is 2.59. The zero-order valence-electron chi connectivity index (χ0n) is 14.7. The van der Waals surface area contributed by atoms with E-state index in [1.807, 2.05) is 0 Å². The first-order chi connectivity index (χ1) is 11.8. The van der Waals surface area contributed by atoms with Crippen molar-refractivity contribution in [3.8, 4) is 11.8 Å². The Labute approximate surface area is 149 Å². The van der Waals surface area contributed by atoms with Gasteiger partial charge < -0.3 is 4.74 Å². The first kappa shape index (κ1) is 21.1. The predicted molar refractivity (Wildman–Crippen MR) is 94.1 cm³/mol. The van der Waals surface area contributed by atoms with Crippen molar-refractivity contribution < 1.29 is 22.3 Å². The number of ether oxygens (including phenoxy) is 1. The topological polar surface area (TPSA) is 72.5 Å². The molecule has 1 atom stereocenters. The van der Waals surface area contributed by atoms with Gasteiger partial charge in [-0.25, -0.2) is 8.42 Å². The highest BCUT2D eigenvalue weighted by molar-refractivity contribution is 7.89. The van der Waals surface area contributed by atoms with Crippen molar-refractivity contribution in [3.63, 3.8) is 0 Å². The fourth-order valence-electron chi connectivity index (χ4n) is 2.01. The van der Waals surface area contributed by atoms with Crippen molar-refractivity contribution in [3.05, 3.63) is 29.8 Å². The molecule has 138 valence electrons. The monoisotopic (exact) mass is 368 g/mol. The molecule has 0 aliphatic heterocycles. The van der Waals surface area contributed by atoms with Crippen LogP contribution in [0, 0.1) is 17.8 Å². The van der Waals surface area contributed by atoms with Gasteiger partial charge in [-0.05, 0) is 43.0 Å². The van der Waals surface area contributed by atoms with E-state index in [0.29, 0.717) is 24.8 Å². The van der Waals surface area contributed by atoms with E-state index < -0.39 is 22.0 Å². The second-order valence-electron chi connectivity index (χ2n) is 5.84. The second kappa shape index (κ2) is 10.2. The van der Waals surface area contributed by atoms with Crippen molar-refractivity contribution in [2.75, 3.05) is 13.8 Å². The van der Waals surface area contributed by atoms with Crippen LogP contribution in [-0.4, -0.2) is 34.2 Å². The molecule has 0 saturated heterocycles. The number of hydrogen-bond donors (Lipinski definition) is 1. The van der Waals surface area contributed by atoms with Gasteiger partial charge in [-0.3, -0.25) is 9.18 Å². The molecule has 1 aromatic carbocycles. The summed E-state index contributed by atoms with van der Waals surface area (Å²) in [7, 11) is -2.63. The highest BCUT2D eigenvalue weighted by Crippen LogP contribution is 2.13. The fourth-order valence-corrected chi connectivity index (χ4v) is 3.34. The Morgan fingerprint density at radius 2 is 1.88 bits per heavy atom. The SMILES string of the molecule is COC(=O)[C@H](NS(=O)(=O)c1ccc(C#CCCCC[18F])cc1)C(C)C. The van der Waals surface area contributed by atoms with Gasteiger partial charge >= 0.3 is 5.97 Å². The maximum Gasteiger partial charge on any atom is 0.324 e. The van der Waals surface area contributed by atoms with Crippen LogP contribution in [-0.2, 0) is 19.6 Å². The van der Waals surface area contributed by atoms with Crippen molar-refractivity contribution in [1.29, 1.82) is 0 Å².